The minimum Gasteiger partial charge on any atom is -0.369 e. The molecule has 118 valence electrons. The first-order chi connectivity index (χ1) is 10.2. The van der Waals surface area contributed by atoms with Gasteiger partial charge in [0.25, 0.3) is 5.56 Å². The number of hydrogen-bond acceptors (Lipinski definition) is 4. The first-order valence-electron chi connectivity index (χ1n) is 7.82. The fourth-order valence-electron chi connectivity index (χ4n) is 2.81. The molecule has 2 heterocycles. The Hall–Kier alpha value is -1.07. The summed E-state index contributed by atoms with van der Waals surface area (Å²) < 4.78 is 1.48. The molecular weight excluding hydrogens is 288 g/mol. The molecule has 1 aromatic rings. The van der Waals surface area contributed by atoms with Gasteiger partial charge >= 0.3 is 0 Å². The smallest absolute Gasteiger partial charge is 0.287 e. The molecule has 0 bridgehead atoms. The van der Waals surface area contributed by atoms with Crippen LogP contribution in [0.3, 0.4) is 0 Å². The number of anilines is 1. The molecule has 0 unspecified atom stereocenters. The van der Waals surface area contributed by atoms with Gasteiger partial charge in [0.15, 0.2) is 0 Å². The van der Waals surface area contributed by atoms with Crippen LogP contribution in [-0.4, -0.2) is 36.5 Å². The van der Waals surface area contributed by atoms with Crippen LogP contribution in [0.25, 0.3) is 0 Å². The molecule has 0 atom stereocenters. The highest BCUT2D eigenvalue weighted by Crippen LogP contribution is 2.26. The second-order valence-electron chi connectivity index (χ2n) is 5.71. The van der Waals surface area contributed by atoms with Crippen LogP contribution in [0.2, 0.25) is 5.02 Å². The maximum absolute atomic E-state index is 12.2. The summed E-state index contributed by atoms with van der Waals surface area (Å²) in [6.45, 7) is 5.66. The Labute approximate surface area is 131 Å². The molecule has 1 saturated heterocycles. The molecule has 0 aliphatic carbocycles. The number of nitrogens with one attached hydrogen (secondary N) is 1. The van der Waals surface area contributed by atoms with Crippen LogP contribution in [0.1, 0.15) is 32.6 Å². The van der Waals surface area contributed by atoms with E-state index >= 15 is 0 Å². The van der Waals surface area contributed by atoms with Gasteiger partial charge < -0.3 is 10.2 Å². The number of piperidine rings is 1. The van der Waals surface area contributed by atoms with Crippen molar-refractivity contribution < 1.29 is 0 Å². The number of hydrogen-bond donors (Lipinski definition) is 1. The molecule has 0 radical (unpaired) electrons. The molecule has 0 aromatic carbocycles. The SMILES string of the molecule is CCCCn1ncc(N2CCC(CNC)CC2)c(Cl)c1=O. The minimum absolute atomic E-state index is 0.167. The van der Waals surface area contributed by atoms with Crippen molar-refractivity contribution in [1.82, 2.24) is 15.1 Å². The fourth-order valence-corrected chi connectivity index (χ4v) is 3.08. The van der Waals surface area contributed by atoms with E-state index in [1.54, 1.807) is 6.20 Å². The van der Waals surface area contributed by atoms with Gasteiger partial charge in [0, 0.05) is 19.6 Å². The molecular formula is C15H25ClN4O. The Bertz CT molecular complexity index is 509. The number of rotatable bonds is 6. The summed E-state index contributed by atoms with van der Waals surface area (Å²) in [5.41, 5.74) is 0.622. The molecule has 0 saturated carbocycles. The average molecular weight is 313 g/mol. The summed E-state index contributed by atoms with van der Waals surface area (Å²) in [5, 5.41) is 7.82. The molecule has 0 amide bonds. The van der Waals surface area contributed by atoms with Crippen molar-refractivity contribution >= 4 is 17.3 Å². The number of nitrogens with zero attached hydrogens (tertiary/aromatic N) is 3. The van der Waals surface area contributed by atoms with Crippen molar-refractivity contribution in [2.24, 2.45) is 5.92 Å². The predicted molar refractivity (Wildman–Crippen MR) is 87.3 cm³/mol. The molecule has 1 aliphatic heterocycles. The zero-order valence-electron chi connectivity index (χ0n) is 12.9. The maximum Gasteiger partial charge on any atom is 0.287 e. The Morgan fingerprint density at radius 2 is 2.14 bits per heavy atom. The third kappa shape index (κ3) is 3.98. The van der Waals surface area contributed by atoms with Gasteiger partial charge in [0.2, 0.25) is 0 Å². The van der Waals surface area contributed by atoms with E-state index in [-0.39, 0.29) is 5.56 Å². The van der Waals surface area contributed by atoms with E-state index in [9.17, 15) is 4.79 Å². The zero-order chi connectivity index (χ0) is 15.2. The number of unbranched alkanes of at least 4 members (excludes halogenated alkanes) is 1. The van der Waals surface area contributed by atoms with Crippen LogP contribution in [0.5, 0.6) is 0 Å². The van der Waals surface area contributed by atoms with Crippen molar-refractivity contribution in [1.29, 1.82) is 0 Å². The first kappa shape index (κ1) is 16.3. The first-order valence-corrected chi connectivity index (χ1v) is 8.20. The van der Waals surface area contributed by atoms with Crippen LogP contribution >= 0.6 is 11.6 Å². The largest absolute Gasteiger partial charge is 0.369 e. The summed E-state index contributed by atoms with van der Waals surface area (Å²) in [6.07, 6.45) is 5.97. The summed E-state index contributed by atoms with van der Waals surface area (Å²) >= 11 is 6.28. The molecule has 1 N–H and O–H groups in total. The summed E-state index contributed by atoms with van der Waals surface area (Å²) in [4.78, 5) is 14.4. The Kier molecular flexibility index (Phi) is 6.06. The lowest BCUT2D eigenvalue weighted by Gasteiger charge is -2.33. The van der Waals surface area contributed by atoms with Gasteiger partial charge in [-0.25, -0.2) is 4.68 Å². The molecule has 1 fully saturated rings. The lowest BCUT2D eigenvalue weighted by Crippen LogP contribution is -2.38. The van der Waals surface area contributed by atoms with Crippen molar-refractivity contribution in [2.75, 3.05) is 31.6 Å². The maximum atomic E-state index is 12.2. The van der Waals surface area contributed by atoms with Gasteiger partial charge in [0.05, 0.1) is 11.9 Å². The monoisotopic (exact) mass is 312 g/mol. The van der Waals surface area contributed by atoms with Crippen molar-refractivity contribution in [3.63, 3.8) is 0 Å². The van der Waals surface area contributed by atoms with E-state index in [0.29, 0.717) is 17.5 Å². The highest BCUT2D eigenvalue weighted by molar-refractivity contribution is 6.33. The van der Waals surface area contributed by atoms with Gasteiger partial charge in [-0.15, -0.1) is 0 Å². The molecule has 0 spiro atoms. The number of aromatic nitrogens is 2. The Morgan fingerprint density at radius 3 is 2.76 bits per heavy atom. The topological polar surface area (TPSA) is 50.2 Å². The summed E-state index contributed by atoms with van der Waals surface area (Å²) in [6, 6.07) is 0. The molecule has 2 rings (SSSR count). The molecule has 1 aromatic heterocycles. The molecule has 5 nitrogen and oxygen atoms in total. The van der Waals surface area contributed by atoms with Crippen LogP contribution in [-0.2, 0) is 6.54 Å². The second-order valence-corrected chi connectivity index (χ2v) is 6.09. The number of aryl methyl sites for hydroxylation is 1. The highest BCUT2D eigenvalue weighted by atomic mass is 35.5. The van der Waals surface area contributed by atoms with Gasteiger partial charge in [-0.3, -0.25) is 4.79 Å². The van der Waals surface area contributed by atoms with Gasteiger partial charge in [-0.05, 0) is 38.8 Å². The molecule has 21 heavy (non-hydrogen) atoms. The third-order valence-corrected chi connectivity index (χ3v) is 4.49. The average Bonchev–Trinajstić information content (AvgIpc) is 2.50. The van der Waals surface area contributed by atoms with Gasteiger partial charge in [0.1, 0.15) is 5.02 Å². The van der Waals surface area contributed by atoms with Gasteiger partial charge in [-0.2, -0.15) is 5.10 Å². The minimum atomic E-state index is -0.167. The second kappa shape index (κ2) is 7.80. The lowest BCUT2D eigenvalue weighted by molar-refractivity contribution is 0.393. The summed E-state index contributed by atoms with van der Waals surface area (Å²) in [7, 11) is 1.99. The normalized spacial score (nSPS) is 16.4. The Morgan fingerprint density at radius 1 is 1.43 bits per heavy atom. The van der Waals surface area contributed by atoms with Crippen LogP contribution in [0, 0.1) is 5.92 Å². The van der Waals surface area contributed by atoms with E-state index in [4.69, 9.17) is 11.6 Å². The zero-order valence-corrected chi connectivity index (χ0v) is 13.7. The van der Waals surface area contributed by atoms with Gasteiger partial charge in [-0.1, -0.05) is 24.9 Å². The number of halogens is 1. The van der Waals surface area contributed by atoms with E-state index in [2.05, 4.69) is 22.2 Å². The van der Waals surface area contributed by atoms with Crippen molar-refractivity contribution in [3.05, 3.63) is 21.6 Å². The van der Waals surface area contributed by atoms with E-state index in [1.165, 1.54) is 4.68 Å². The fraction of sp³-hybridized carbons (Fsp3) is 0.733. The Balaban J connectivity index is 2.08. The third-order valence-electron chi connectivity index (χ3n) is 4.14. The van der Waals surface area contributed by atoms with E-state index in [0.717, 1.165) is 51.0 Å². The lowest BCUT2D eigenvalue weighted by atomic mass is 9.96. The molecule has 6 heteroatoms. The van der Waals surface area contributed by atoms with Crippen LogP contribution < -0.4 is 15.8 Å². The van der Waals surface area contributed by atoms with Crippen molar-refractivity contribution in [3.8, 4) is 0 Å². The summed E-state index contributed by atoms with van der Waals surface area (Å²) in [5.74, 6) is 0.711. The predicted octanol–water partition coefficient (Wildman–Crippen LogP) is 2.13. The van der Waals surface area contributed by atoms with Crippen LogP contribution in [0.4, 0.5) is 5.69 Å². The molecule has 1 aliphatic rings. The van der Waals surface area contributed by atoms with Crippen molar-refractivity contribution in [2.45, 2.75) is 39.2 Å². The quantitative estimate of drug-likeness (QED) is 0.874. The van der Waals surface area contributed by atoms with Crippen LogP contribution in [0.15, 0.2) is 11.0 Å². The highest BCUT2D eigenvalue weighted by Gasteiger charge is 2.22. The van der Waals surface area contributed by atoms with E-state index < -0.39 is 0 Å². The van der Waals surface area contributed by atoms with E-state index in [1.807, 2.05) is 7.05 Å². The standard InChI is InChI=1S/C15H25ClN4O/c1-3-4-7-20-15(21)14(16)13(11-18-20)19-8-5-12(6-9-19)10-17-2/h11-12,17H,3-10H2,1-2H3.